The van der Waals surface area contributed by atoms with Gasteiger partial charge in [-0.05, 0) is 73.9 Å². The number of carbonyl (C=O) groups is 1. The Bertz CT molecular complexity index is 1900. The molecule has 2 aromatic heterocycles. The van der Waals surface area contributed by atoms with Gasteiger partial charge < -0.3 is 18.8 Å². The minimum absolute atomic E-state index is 0.126. The van der Waals surface area contributed by atoms with E-state index < -0.39 is 0 Å². The van der Waals surface area contributed by atoms with Crippen molar-refractivity contribution in [2.45, 2.75) is 65.5 Å². The van der Waals surface area contributed by atoms with E-state index in [9.17, 15) is 4.79 Å². The topological polar surface area (TPSA) is 67.5 Å². The maximum absolute atomic E-state index is 13.9. The van der Waals surface area contributed by atoms with Crippen LogP contribution in [0.15, 0.2) is 54.6 Å². The molecular formula is C37H40ClN3O4. The monoisotopic (exact) mass is 625 g/mol. The van der Waals surface area contributed by atoms with Gasteiger partial charge in [-0.1, -0.05) is 61.0 Å². The van der Waals surface area contributed by atoms with Crippen molar-refractivity contribution in [1.82, 2.24) is 14.3 Å². The van der Waals surface area contributed by atoms with Crippen LogP contribution in [0.2, 0.25) is 5.02 Å². The maximum Gasteiger partial charge on any atom is 0.355 e. The predicted octanol–water partition coefficient (Wildman–Crippen LogP) is 8.30. The second-order valence-corrected chi connectivity index (χ2v) is 12.8. The molecule has 0 saturated heterocycles. The van der Waals surface area contributed by atoms with Crippen molar-refractivity contribution in [2.24, 2.45) is 12.5 Å². The third kappa shape index (κ3) is 5.40. The number of esters is 1. The van der Waals surface area contributed by atoms with Gasteiger partial charge in [-0.3, -0.25) is 4.68 Å². The van der Waals surface area contributed by atoms with Crippen LogP contribution in [0.5, 0.6) is 5.75 Å². The number of nitrogens with zero attached hydrogens (tertiary/aromatic N) is 3. The summed E-state index contributed by atoms with van der Waals surface area (Å²) in [6.07, 6.45) is 5.37. The molecule has 1 aliphatic carbocycles. The lowest BCUT2D eigenvalue weighted by Crippen LogP contribution is -2.18. The largest absolute Gasteiger partial charge is 0.493 e. The zero-order valence-corrected chi connectivity index (χ0v) is 27.1. The molecule has 1 spiro atoms. The number of fused-ring (bicyclic) bond motifs is 3. The Morgan fingerprint density at radius 3 is 2.64 bits per heavy atom. The molecule has 1 fully saturated rings. The lowest BCUT2D eigenvalue weighted by molar-refractivity contribution is 0.0509. The first-order valence-corrected chi connectivity index (χ1v) is 16.6. The van der Waals surface area contributed by atoms with Crippen LogP contribution in [0.25, 0.3) is 32.8 Å². The Morgan fingerprint density at radius 1 is 1.02 bits per heavy atom. The van der Waals surface area contributed by atoms with Crippen molar-refractivity contribution < 1.29 is 19.0 Å². The van der Waals surface area contributed by atoms with Crippen LogP contribution in [-0.2, 0) is 42.5 Å². The van der Waals surface area contributed by atoms with E-state index in [1.165, 1.54) is 0 Å². The summed E-state index contributed by atoms with van der Waals surface area (Å²) >= 11 is 7.12. The third-order valence-electron chi connectivity index (χ3n) is 9.62. The molecule has 8 heteroatoms. The first kappa shape index (κ1) is 29.9. The number of hydrogen-bond acceptors (Lipinski definition) is 5. The lowest BCUT2D eigenvalue weighted by atomic mass is 9.97. The van der Waals surface area contributed by atoms with Gasteiger partial charge in [-0.25, -0.2) is 4.79 Å². The van der Waals surface area contributed by atoms with Crippen LogP contribution in [0.3, 0.4) is 0 Å². The van der Waals surface area contributed by atoms with Crippen LogP contribution in [0.4, 0.5) is 0 Å². The fourth-order valence-electron chi connectivity index (χ4n) is 7.16. The highest BCUT2D eigenvalue weighted by Crippen LogP contribution is 2.51. The van der Waals surface area contributed by atoms with Crippen LogP contribution < -0.4 is 4.74 Å². The normalized spacial score (nSPS) is 15.6. The zero-order valence-electron chi connectivity index (χ0n) is 26.3. The van der Waals surface area contributed by atoms with E-state index in [-0.39, 0.29) is 11.4 Å². The quantitative estimate of drug-likeness (QED) is 0.128. The van der Waals surface area contributed by atoms with Crippen molar-refractivity contribution in [3.8, 4) is 16.9 Å². The summed E-state index contributed by atoms with van der Waals surface area (Å²) in [5.41, 5.74) is 6.65. The second kappa shape index (κ2) is 12.2. The van der Waals surface area contributed by atoms with Crippen LogP contribution in [0, 0.1) is 5.41 Å². The van der Waals surface area contributed by atoms with Gasteiger partial charge in [0.2, 0.25) is 0 Å². The highest BCUT2D eigenvalue weighted by molar-refractivity contribution is 6.35. The molecule has 0 atom stereocenters. The molecule has 7 rings (SSSR count). The van der Waals surface area contributed by atoms with Gasteiger partial charge in [0.25, 0.3) is 0 Å². The van der Waals surface area contributed by atoms with Crippen LogP contribution in [-0.4, -0.2) is 40.1 Å². The summed E-state index contributed by atoms with van der Waals surface area (Å²) in [5.74, 6) is 0.580. The molecule has 234 valence electrons. The number of rotatable bonds is 8. The van der Waals surface area contributed by atoms with Gasteiger partial charge in [0.1, 0.15) is 11.4 Å². The van der Waals surface area contributed by atoms with E-state index in [0.717, 1.165) is 87.6 Å². The van der Waals surface area contributed by atoms with Gasteiger partial charge in [-0.2, -0.15) is 5.10 Å². The fraction of sp³-hybridized carbons (Fsp3) is 0.405. The van der Waals surface area contributed by atoms with Crippen LogP contribution >= 0.6 is 11.6 Å². The highest BCUT2D eigenvalue weighted by Gasteiger charge is 2.43. The predicted molar refractivity (Wildman–Crippen MR) is 178 cm³/mol. The zero-order chi connectivity index (χ0) is 31.1. The number of ether oxygens (including phenoxy) is 3. The average Bonchev–Trinajstić information content (AvgIpc) is 3.65. The number of benzene rings is 3. The summed E-state index contributed by atoms with van der Waals surface area (Å²) in [5, 5.41) is 8.85. The Balaban J connectivity index is 1.35. The van der Waals surface area contributed by atoms with Gasteiger partial charge in [0.15, 0.2) is 0 Å². The molecule has 45 heavy (non-hydrogen) atoms. The van der Waals surface area contributed by atoms with Crippen molar-refractivity contribution in [3.05, 3.63) is 82.3 Å². The molecule has 2 aliphatic rings. The molecule has 7 nitrogen and oxygen atoms in total. The van der Waals surface area contributed by atoms with Crippen molar-refractivity contribution in [2.75, 3.05) is 19.8 Å². The van der Waals surface area contributed by atoms with E-state index in [4.69, 9.17) is 30.9 Å². The fourth-order valence-corrected chi connectivity index (χ4v) is 7.41. The second-order valence-electron chi connectivity index (χ2n) is 12.4. The number of aromatic nitrogens is 3. The first-order valence-electron chi connectivity index (χ1n) is 16.2. The number of hydrogen-bond donors (Lipinski definition) is 0. The third-order valence-corrected chi connectivity index (χ3v) is 9.93. The van der Waals surface area contributed by atoms with E-state index in [0.29, 0.717) is 50.1 Å². The summed E-state index contributed by atoms with van der Waals surface area (Å²) in [7, 11) is 1.98. The van der Waals surface area contributed by atoms with Crippen molar-refractivity contribution >= 4 is 39.2 Å². The highest BCUT2D eigenvalue weighted by atomic mass is 35.5. The van der Waals surface area contributed by atoms with Crippen LogP contribution in [0.1, 0.15) is 67.0 Å². The molecule has 3 heterocycles. The molecule has 3 aromatic carbocycles. The minimum Gasteiger partial charge on any atom is -0.493 e. The number of halogens is 1. The number of aryl methyl sites for hydroxylation is 3. The molecule has 0 radical (unpaired) electrons. The molecule has 5 aromatic rings. The van der Waals surface area contributed by atoms with Gasteiger partial charge in [-0.15, -0.1) is 0 Å². The molecule has 0 amide bonds. The molecular weight excluding hydrogens is 586 g/mol. The maximum atomic E-state index is 13.9. The van der Waals surface area contributed by atoms with Gasteiger partial charge in [0.05, 0.1) is 42.7 Å². The summed E-state index contributed by atoms with van der Waals surface area (Å²) in [6.45, 7) is 6.64. The molecule has 0 unspecified atom stereocenters. The first-order chi connectivity index (χ1) is 21.9. The summed E-state index contributed by atoms with van der Waals surface area (Å²) in [6, 6.07) is 18.4. The van der Waals surface area contributed by atoms with Crippen molar-refractivity contribution in [3.63, 3.8) is 0 Å². The van der Waals surface area contributed by atoms with E-state index in [1.54, 1.807) is 0 Å². The van der Waals surface area contributed by atoms with E-state index in [2.05, 4.69) is 35.8 Å². The lowest BCUT2D eigenvalue weighted by Gasteiger charge is -2.18. The van der Waals surface area contributed by atoms with Gasteiger partial charge >= 0.3 is 5.97 Å². The molecule has 0 N–H and O–H groups in total. The smallest absolute Gasteiger partial charge is 0.355 e. The minimum atomic E-state index is -0.293. The standard InChI is InChI=1S/C37H40ClN3O4/c1-4-30-33-29(39-40(30)3)22-43-23-37(17-18-37)19-20-41-34-27(15-16-28(38)32(33)34)26(35(41)36(42)44-5-2)13-9-21-45-31-14-8-11-24-10-6-7-12-25(24)31/h6-8,10-12,14-16H,4-5,9,13,17-23H2,1-3H3. The Kier molecular flexibility index (Phi) is 8.09. The Labute approximate surface area is 269 Å². The SMILES string of the molecule is CCOC(=O)c1c(CCCOc2cccc3ccccc23)c2ccc(Cl)c3c2n1CCC1(CC1)COCc1nn(C)c(CC)c1-3. The molecule has 1 saturated carbocycles. The van der Waals surface area contributed by atoms with Gasteiger partial charge in [0, 0.05) is 41.2 Å². The summed E-state index contributed by atoms with van der Waals surface area (Å²) < 4.78 is 22.5. The molecule has 0 bridgehead atoms. The summed E-state index contributed by atoms with van der Waals surface area (Å²) in [4.78, 5) is 13.9. The Morgan fingerprint density at radius 2 is 1.84 bits per heavy atom. The van der Waals surface area contributed by atoms with E-state index in [1.807, 2.05) is 49.0 Å². The Hall–Kier alpha value is -3.81. The van der Waals surface area contributed by atoms with E-state index >= 15 is 0 Å². The molecule has 1 aliphatic heterocycles. The van der Waals surface area contributed by atoms with Crippen molar-refractivity contribution in [1.29, 1.82) is 0 Å². The average molecular weight is 626 g/mol. The number of carbonyl (C=O) groups excluding carboxylic acids is 1.